The number of aromatic hydroxyl groups is 1. The van der Waals surface area contributed by atoms with Gasteiger partial charge in [-0.1, -0.05) is 12.1 Å². The SMILES string of the molecule is O=C(Nc1ccccc1O)C1CCN(c2c([N+](=O)[O-])ccc3c2CCN3)CC1. The van der Waals surface area contributed by atoms with Crippen molar-refractivity contribution in [3.63, 3.8) is 0 Å². The zero-order chi connectivity index (χ0) is 19.7. The van der Waals surface area contributed by atoms with Crippen molar-refractivity contribution in [3.8, 4) is 5.75 Å². The molecule has 2 aliphatic rings. The maximum absolute atomic E-state index is 12.6. The minimum absolute atomic E-state index is 0.0382. The number of benzene rings is 2. The van der Waals surface area contributed by atoms with E-state index >= 15 is 0 Å². The molecule has 2 aromatic rings. The number of nitro benzene ring substituents is 1. The number of hydrogen-bond donors (Lipinski definition) is 3. The normalized spacial score (nSPS) is 16.4. The Morgan fingerprint density at radius 3 is 2.68 bits per heavy atom. The Kier molecular flexibility index (Phi) is 4.77. The van der Waals surface area contributed by atoms with Crippen LogP contribution in [0.5, 0.6) is 5.75 Å². The summed E-state index contributed by atoms with van der Waals surface area (Å²) in [6, 6.07) is 9.97. The summed E-state index contributed by atoms with van der Waals surface area (Å²) in [6.07, 6.45) is 1.97. The van der Waals surface area contributed by atoms with Crippen LogP contribution in [0.1, 0.15) is 18.4 Å². The van der Waals surface area contributed by atoms with Crippen LogP contribution in [0.4, 0.5) is 22.7 Å². The molecule has 1 saturated heterocycles. The molecule has 2 heterocycles. The first-order valence-electron chi connectivity index (χ1n) is 9.42. The van der Waals surface area contributed by atoms with Gasteiger partial charge in [0, 0.05) is 42.9 Å². The highest BCUT2D eigenvalue weighted by Crippen LogP contribution is 2.41. The number of carbonyl (C=O) groups is 1. The van der Waals surface area contributed by atoms with Crippen LogP contribution in [0, 0.1) is 16.0 Å². The van der Waals surface area contributed by atoms with Gasteiger partial charge in [0.25, 0.3) is 5.69 Å². The number of para-hydroxylation sites is 2. The Labute approximate surface area is 162 Å². The zero-order valence-electron chi connectivity index (χ0n) is 15.4. The van der Waals surface area contributed by atoms with Crippen LogP contribution in [0.25, 0.3) is 0 Å². The summed E-state index contributed by atoms with van der Waals surface area (Å²) in [6.45, 7) is 1.94. The predicted octanol–water partition coefficient (Wildman–Crippen LogP) is 3.12. The summed E-state index contributed by atoms with van der Waals surface area (Å²) in [5.41, 5.74) is 3.16. The van der Waals surface area contributed by atoms with Crippen LogP contribution < -0.4 is 15.5 Å². The van der Waals surface area contributed by atoms with Gasteiger partial charge >= 0.3 is 0 Å². The Morgan fingerprint density at radius 1 is 1.21 bits per heavy atom. The summed E-state index contributed by atoms with van der Waals surface area (Å²) in [7, 11) is 0. The minimum Gasteiger partial charge on any atom is -0.506 e. The van der Waals surface area contributed by atoms with E-state index in [1.165, 1.54) is 6.07 Å². The van der Waals surface area contributed by atoms with Gasteiger partial charge in [-0.3, -0.25) is 14.9 Å². The Hall–Kier alpha value is -3.29. The van der Waals surface area contributed by atoms with E-state index in [0.29, 0.717) is 37.3 Å². The second-order valence-electron chi connectivity index (χ2n) is 7.16. The lowest BCUT2D eigenvalue weighted by Crippen LogP contribution is -2.38. The number of nitrogens with one attached hydrogen (secondary N) is 2. The van der Waals surface area contributed by atoms with E-state index in [9.17, 15) is 20.0 Å². The van der Waals surface area contributed by atoms with Gasteiger partial charge in [0.2, 0.25) is 5.91 Å². The van der Waals surface area contributed by atoms with Gasteiger partial charge in [0.15, 0.2) is 0 Å². The molecule has 8 heteroatoms. The van der Waals surface area contributed by atoms with Crippen LogP contribution in [0.2, 0.25) is 0 Å². The molecule has 1 amide bonds. The molecule has 1 fully saturated rings. The van der Waals surface area contributed by atoms with Crippen molar-refractivity contribution in [3.05, 3.63) is 52.1 Å². The predicted molar refractivity (Wildman–Crippen MR) is 107 cm³/mol. The molecular weight excluding hydrogens is 360 g/mol. The molecule has 0 aromatic heterocycles. The highest BCUT2D eigenvalue weighted by molar-refractivity contribution is 5.94. The van der Waals surface area contributed by atoms with Crippen molar-refractivity contribution in [2.24, 2.45) is 5.92 Å². The Balaban J connectivity index is 1.48. The molecule has 146 valence electrons. The largest absolute Gasteiger partial charge is 0.506 e. The second-order valence-corrected chi connectivity index (χ2v) is 7.16. The molecule has 8 nitrogen and oxygen atoms in total. The first kappa shape index (κ1) is 18.1. The molecular formula is C20H22N4O4. The zero-order valence-corrected chi connectivity index (χ0v) is 15.4. The molecule has 0 spiro atoms. The number of phenolic OH excluding ortho intramolecular Hbond substituents is 1. The van der Waals surface area contributed by atoms with Gasteiger partial charge in [-0.25, -0.2) is 0 Å². The monoisotopic (exact) mass is 382 g/mol. The highest BCUT2D eigenvalue weighted by Gasteiger charge is 2.32. The van der Waals surface area contributed by atoms with Crippen molar-refractivity contribution in [2.45, 2.75) is 19.3 Å². The maximum atomic E-state index is 12.6. The quantitative estimate of drug-likeness (QED) is 0.426. The lowest BCUT2D eigenvalue weighted by Gasteiger charge is -2.33. The van der Waals surface area contributed by atoms with Crippen molar-refractivity contribution < 1.29 is 14.8 Å². The first-order chi connectivity index (χ1) is 13.5. The van der Waals surface area contributed by atoms with Crippen LogP contribution in [0.3, 0.4) is 0 Å². The number of carbonyl (C=O) groups excluding carboxylic acids is 1. The fraction of sp³-hybridized carbons (Fsp3) is 0.350. The van der Waals surface area contributed by atoms with Crippen molar-refractivity contribution in [2.75, 3.05) is 35.2 Å². The summed E-state index contributed by atoms with van der Waals surface area (Å²) in [5, 5.41) is 27.4. The second kappa shape index (κ2) is 7.38. The standard InChI is InChI=1S/C20H22N4O4/c25-18-4-2-1-3-16(18)22-20(26)13-8-11-23(12-9-13)19-14-7-10-21-15(14)5-6-17(19)24(27)28/h1-6,13,21,25H,7-12H2,(H,22,26). The lowest BCUT2D eigenvalue weighted by molar-refractivity contribution is -0.384. The van der Waals surface area contributed by atoms with Crippen molar-refractivity contribution in [1.82, 2.24) is 0 Å². The third-order valence-corrected chi connectivity index (χ3v) is 5.49. The highest BCUT2D eigenvalue weighted by atomic mass is 16.6. The van der Waals surface area contributed by atoms with Crippen LogP contribution in [-0.2, 0) is 11.2 Å². The van der Waals surface area contributed by atoms with Crippen LogP contribution in [0.15, 0.2) is 36.4 Å². The third-order valence-electron chi connectivity index (χ3n) is 5.49. The van der Waals surface area contributed by atoms with E-state index < -0.39 is 0 Å². The van der Waals surface area contributed by atoms with E-state index in [4.69, 9.17) is 0 Å². The molecule has 0 radical (unpaired) electrons. The third kappa shape index (κ3) is 3.33. The number of piperidine rings is 1. The fourth-order valence-corrected chi connectivity index (χ4v) is 4.04. The smallest absolute Gasteiger partial charge is 0.292 e. The number of nitro groups is 1. The molecule has 2 aliphatic heterocycles. The lowest BCUT2D eigenvalue weighted by atomic mass is 9.94. The van der Waals surface area contributed by atoms with Crippen LogP contribution >= 0.6 is 0 Å². The van der Waals surface area contributed by atoms with E-state index in [1.54, 1.807) is 30.3 Å². The summed E-state index contributed by atoms with van der Waals surface area (Å²) in [5.74, 6) is -0.281. The number of phenols is 1. The molecule has 28 heavy (non-hydrogen) atoms. The Bertz CT molecular complexity index is 922. The summed E-state index contributed by atoms with van der Waals surface area (Å²) in [4.78, 5) is 25.8. The summed E-state index contributed by atoms with van der Waals surface area (Å²) < 4.78 is 0. The number of hydrogen-bond acceptors (Lipinski definition) is 6. The van der Waals surface area contributed by atoms with Crippen molar-refractivity contribution in [1.29, 1.82) is 0 Å². The number of rotatable bonds is 4. The van der Waals surface area contributed by atoms with E-state index in [2.05, 4.69) is 10.6 Å². The van der Waals surface area contributed by atoms with Crippen LogP contribution in [-0.4, -0.2) is 35.6 Å². The number of amides is 1. The average molecular weight is 382 g/mol. The van der Waals surface area contributed by atoms with Gasteiger partial charge in [-0.05, 0) is 37.5 Å². The minimum atomic E-state index is -0.328. The Morgan fingerprint density at radius 2 is 1.96 bits per heavy atom. The number of anilines is 3. The first-order valence-corrected chi connectivity index (χ1v) is 9.42. The van der Waals surface area contributed by atoms with E-state index in [-0.39, 0.29) is 28.2 Å². The molecule has 3 N–H and O–H groups in total. The van der Waals surface area contributed by atoms with Gasteiger partial charge in [-0.15, -0.1) is 0 Å². The number of fused-ring (bicyclic) bond motifs is 1. The maximum Gasteiger partial charge on any atom is 0.292 e. The molecule has 0 atom stereocenters. The molecule has 4 rings (SSSR count). The van der Waals surface area contributed by atoms with Crippen molar-refractivity contribution >= 4 is 28.7 Å². The van der Waals surface area contributed by atoms with Gasteiger partial charge < -0.3 is 20.6 Å². The fourth-order valence-electron chi connectivity index (χ4n) is 4.04. The summed E-state index contributed by atoms with van der Waals surface area (Å²) >= 11 is 0. The molecule has 0 unspecified atom stereocenters. The van der Waals surface area contributed by atoms with Gasteiger partial charge in [0.05, 0.1) is 10.6 Å². The topological polar surface area (TPSA) is 108 Å². The molecule has 0 bridgehead atoms. The van der Waals surface area contributed by atoms with E-state index in [1.807, 2.05) is 4.90 Å². The van der Waals surface area contributed by atoms with Gasteiger partial charge in [0.1, 0.15) is 11.4 Å². The average Bonchev–Trinajstić information content (AvgIpc) is 3.18. The molecule has 2 aromatic carbocycles. The van der Waals surface area contributed by atoms with E-state index in [0.717, 1.165) is 24.2 Å². The van der Waals surface area contributed by atoms with Gasteiger partial charge in [-0.2, -0.15) is 0 Å². The number of nitrogens with zero attached hydrogens (tertiary/aromatic N) is 2. The molecule has 0 aliphatic carbocycles. The molecule has 0 saturated carbocycles.